The Morgan fingerprint density at radius 1 is 1.62 bits per heavy atom. The number of hydrogen-bond donors (Lipinski definition) is 1. The van der Waals surface area contributed by atoms with E-state index in [1.54, 1.807) is 19.3 Å². The van der Waals surface area contributed by atoms with E-state index in [1.807, 2.05) is 0 Å². The third-order valence-corrected chi connectivity index (χ3v) is 2.06. The van der Waals surface area contributed by atoms with Gasteiger partial charge < -0.3 is 4.74 Å². The summed E-state index contributed by atoms with van der Waals surface area (Å²) in [7, 11) is 1.32. The summed E-state index contributed by atoms with van der Waals surface area (Å²) in [5.41, 5.74) is 0.974. The van der Waals surface area contributed by atoms with Gasteiger partial charge in [0.05, 0.1) is 12.2 Å². The van der Waals surface area contributed by atoms with E-state index in [0.29, 0.717) is 16.2 Å². The van der Waals surface area contributed by atoms with E-state index < -0.39 is 5.97 Å². The molecule has 0 aromatic rings. The standard InChI is InChI=1S/C9H13NO2S/c1-6(8(10)13-4)5-7(2)9(11)12-3/h5,10H,1H2,2-4H3/b7-5+,10-8?. The Hall–Kier alpha value is -1.03. The Labute approximate surface area is 82.4 Å². The van der Waals surface area contributed by atoms with Crippen LogP contribution in [-0.4, -0.2) is 24.4 Å². The number of allylic oxidation sites excluding steroid dienone is 1. The summed E-state index contributed by atoms with van der Waals surface area (Å²) in [6.07, 6.45) is 3.33. The summed E-state index contributed by atoms with van der Waals surface area (Å²) in [6.45, 7) is 5.28. The molecule has 0 fully saturated rings. The van der Waals surface area contributed by atoms with E-state index in [1.165, 1.54) is 18.9 Å². The summed E-state index contributed by atoms with van der Waals surface area (Å²) < 4.78 is 4.50. The van der Waals surface area contributed by atoms with Gasteiger partial charge in [-0.05, 0) is 24.8 Å². The van der Waals surface area contributed by atoms with Crippen LogP contribution in [-0.2, 0) is 9.53 Å². The van der Waals surface area contributed by atoms with E-state index in [0.717, 1.165) is 0 Å². The van der Waals surface area contributed by atoms with Crippen LogP contribution in [0.5, 0.6) is 0 Å². The van der Waals surface area contributed by atoms with Crippen LogP contribution in [0.1, 0.15) is 6.92 Å². The molecule has 1 N–H and O–H groups in total. The minimum absolute atomic E-state index is 0.350. The van der Waals surface area contributed by atoms with Crippen molar-refractivity contribution in [3.63, 3.8) is 0 Å². The van der Waals surface area contributed by atoms with Gasteiger partial charge in [0.25, 0.3) is 0 Å². The molecule has 0 aromatic carbocycles. The maximum atomic E-state index is 10.9. The fraction of sp³-hybridized carbons (Fsp3) is 0.333. The highest BCUT2D eigenvalue weighted by molar-refractivity contribution is 8.13. The first-order chi connectivity index (χ1) is 6.02. The van der Waals surface area contributed by atoms with Gasteiger partial charge in [0, 0.05) is 5.57 Å². The van der Waals surface area contributed by atoms with Crippen molar-refractivity contribution in [1.29, 1.82) is 5.41 Å². The lowest BCUT2D eigenvalue weighted by Gasteiger charge is -2.01. The Morgan fingerprint density at radius 3 is 2.54 bits per heavy atom. The van der Waals surface area contributed by atoms with Crippen LogP contribution in [0.25, 0.3) is 0 Å². The number of esters is 1. The smallest absolute Gasteiger partial charge is 0.333 e. The van der Waals surface area contributed by atoms with E-state index in [9.17, 15) is 4.79 Å². The SMILES string of the molecule is C=C(/C=C(\C)C(=O)OC)C(=N)SC. The van der Waals surface area contributed by atoms with Crippen molar-refractivity contribution in [1.82, 2.24) is 0 Å². The average molecular weight is 199 g/mol. The van der Waals surface area contributed by atoms with Crippen LogP contribution < -0.4 is 0 Å². The lowest BCUT2D eigenvalue weighted by Crippen LogP contribution is -2.03. The Balaban J connectivity index is 4.48. The van der Waals surface area contributed by atoms with Crippen LogP contribution in [0.15, 0.2) is 23.8 Å². The molecule has 0 amide bonds. The second-order valence-electron chi connectivity index (χ2n) is 2.38. The van der Waals surface area contributed by atoms with Crippen LogP contribution in [0, 0.1) is 5.41 Å². The summed E-state index contributed by atoms with van der Waals surface area (Å²) in [5.74, 6) is -0.393. The van der Waals surface area contributed by atoms with Gasteiger partial charge in [-0.25, -0.2) is 4.79 Å². The summed E-state index contributed by atoms with van der Waals surface area (Å²) >= 11 is 1.28. The highest BCUT2D eigenvalue weighted by atomic mass is 32.2. The minimum atomic E-state index is -0.393. The van der Waals surface area contributed by atoms with Gasteiger partial charge in [0.2, 0.25) is 0 Å². The molecule has 0 saturated heterocycles. The van der Waals surface area contributed by atoms with Crippen molar-refractivity contribution in [3.8, 4) is 0 Å². The van der Waals surface area contributed by atoms with Gasteiger partial charge in [0.1, 0.15) is 0 Å². The monoisotopic (exact) mass is 199 g/mol. The molecule has 0 bridgehead atoms. The Bertz CT molecular complexity index is 269. The number of carbonyl (C=O) groups excluding carboxylic acids is 1. The van der Waals surface area contributed by atoms with Gasteiger partial charge in [0.15, 0.2) is 0 Å². The van der Waals surface area contributed by atoms with Gasteiger partial charge in [-0.3, -0.25) is 5.41 Å². The zero-order valence-electron chi connectivity index (χ0n) is 8.01. The van der Waals surface area contributed by atoms with Gasteiger partial charge >= 0.3 is 5.97 Å². The molecule has 0 atom stereocenters. The second kappa shape index (κ2) is 5.59. The molecule has 0 rings (SSSR count). The number of ether oxygens (including phenoxy) is 1. The van der Waals surface area contributed by atoms with E-state index in [4.69, 9.17) is 5.41 Å². The van der Waals surface area contributed by atoms with Gasteiger partial charge in [-0.1, -0.05) is 6.58 Å². The second-order valence-corrected chi connectivity index (χ2v) is 3.19. The molecule has 0 aliphatic heterocycles. The van der Waals surface area contributed by atoms with Crippen LogP contribution in [0.4, 0.5) is 0 Å². The zero-order chi connectivity index (χ0) is 10.4. The van der Waals surface area contributed by atoms with Crippen LogP contribution >= 0.6 is 11.8 Å². The fourth-order valence-electron chi connectivity index (χ4n) is 0.678. The topological polar surface area (TPSA) is 50.2 Å². The molecule has 0 unspecified atom stereocenters. The molecule has 0 spiro atoms. The molecule has 72 valence electrons. The predicted octanol–water partition coefficient (Wildman–Crippen LogP) is 2.00. The molecular weight excluding hydrogens is 186 g/mol. The van der Waals surface area contributed by atoms with E-state index >= 15 is 0 Å². The van der Waals surface area contributed by atoms with Gasteiger partial charge in [-0.15, -0.1) is 11.8 Å². The number of rotatable bonds is 3. The van der Waals surface area contributed by atoms with E-state index in [-0.39, 0.29) is 0 Å². The lowest BCUT2D eigenvalue weighted by atomic mass is 10.2. The zero-order valence-corrected chi connectivity index (χ0v) is 8.83. The number of methoxy groups -OCH3 is 1. The molecule has 0 aliphatic carbocycles. The third-order valence-electron chi connectivity index (χ3n) is 1.39. The third kappa shape index (κ3) is 3.94. The molecule has 0 aliphatic rings. The predicted molar refractivity (Wildman–Crippen MR) is 56.2 cm³/mol. The quantitative estimate of drug-likeness (QED) is 0.249. The maximum absolute atomic E-state index is 10.9. The van der Waals surface area contributed by atoms with Crippen molar-refractivity contribution in [2.45, 2.75) is 6.92 Å². The summed E-state index contributed by atoms with van der Waals surface area (Å²) in [4.78, 5) is 10.9. The first kappa shape index (κ1) is 12.0. The molecule has 3 nitrogen and oxygen atoms in total. The van der Waals surface area contributed by atoms with Crippen LogP contribution in [0.3, 0.4) is 0 Å². The first-order valence-corrected chi connectivity index (χ1v) is 4.83. The molecule has 4 heteroatoms. The largest absolute Gasteiger partial charge is 0.466 e. The van der Waals surface area contributed by atoms with Crippen molar-refractivity contribution < 1.29 is 9.53 Å². The molecule has 0 aromatic heterocycles. The maximum Gasteiger partial charge on any atom is 0.333 e. The fourth-order valence-corrected chi connectivity index (χ4v) is 0.999. The number of nitrogens with one attached hydrogen (secondary N) is 1. The van der Waals surface area contributed by atoms with Crippen molar-refractivity contribution in [2.24, 2.45) is 0 Å². The number of carbonyl (C=O) groups is 1. The highest BCUT2D eigenvalue weighted by Crippen LogP contribution is 2.09. The first-order valence-electron chi connectivity index (χ1n) is 3.61. The molecule has 0 saturated carbocycles. The molecular formula is C9H13NO2S. The van der Waals surface area contributed by atoms with E-state index in [2.05, 4.69) is 11.3 Å². The summed E-state index contributed by atoms with van der Waals surface area (Å²) in [5, 5.41) is 7.75. The summed E-state index contributed by atoms with van der Waals surface area (Å²) in [6, 6.07) is 0. The number of hydrogen-bond acceptors (Lipinski definition) is 4. The number of thioether (sulfide) groups is 1. The Kier molecular flexibility index (Phi) is 5.14. The lowest BCUT2D eigenvalue weighted by molar-refractivity contribution is -0.136. The molecule has 13 heavy (non-hydrogen) atoms. The van der Waals surface area contributed by atoms with Crippen LogP contribution in [0.2, 0.25) is 0 Å². The molecule has 0 heterocycles. The minimum Gasteiger partial charge on any atom is -0.466 e. The normalized spacial score (nSPS) is 10.8. The van der Waals surface area contributed by atoms with Crippen molar-refractivity contribution >= 4 is 22.8 Å². The van der Waals surface area contributed by atoms with Crippen molar-refractivity contribution in [3.05, 3.63) is 23.8 Å². The molecule has 0 radical (unpaired) electrons. The van der Waals surface area contributed by atoms with Gasteiger partial charge in [-0.2, -0.15) is 0 Å². The average Bonchev–Trinajstić information content (AvgIpc) is 2.14. The highest BCUT2D eigenvalue weighted by Gasteiger charge is 2.05. The Morgan fingerprint density at radius 2 is 2.15 bits per heavy atom. The van der Waals surface area contributed by atoms with Crippen molar-refractivity contribution in [2.75, 3.05) is 13.4 Å².